The molecule has 1 aromatic heterocycles. The first-order valence-electron chi connectivity index (χ1n) is 7.87. The topological polar surface area (TPSA) is 55.3 Å². The summed E-state index contributed by atoms with van der Waals surface area (Å²) in [5, 5.41) is 0.478. The molecule has 1 unspecified atom stereocenters. The first-order chi connectivity index (χ1) is 11.1. The second kappa shape index (κ2) is 5.15. The third kappa shape index (κ3) is 2.24. The van der Waals surface area contributed by atoms with E-state index in [-0.39, 0.29) is 23.1 Å². The molecular formula is C17H18FN3O2. The van der Waals surface area contributed by atoms with E-state index in [0.29, 0.717) is 16.7 Å². The van der Waals surface area contributed by atoms with Gasteiger partial charge in [0.1, 0.15) is 18.0 Å². The van der Waals surface area contributed by atoms with Crippen LogP contribution in [0.2, 0.25) is 0 Å². The normalized spacial score (nSPS) is 22.3. The average Bonchev–Trinajstić information content (AvgIpc) is 3.28. The van der Waals surface area contributed by atoms with Gasteiger partial charge in [0, 0.05) is 13.1 Å². The molecule has 1 aromatic carbocycles. The Hall–Kier alpha value is -2.24. The minimum Gasteiger partial charge on any atom is -0.469 e. The maximum atomic E-state index is 14.2. The van der Waals surface area contributed by atoms with Crippen LogP contribution in [-0.4, -0.2) is 36.1 Å². The molecule has 0 bridgehead atoms. The van der Waals surface area contributed by atoms with Gasteiger partial charge in [0.2, 0.25) is 0 Å². The maximum absolute atomic E-state index is 14.2. The third-order valence-electron chi connectivity index (χ3n) is 5.33. The molecule has 1 atom stereocenters. The van der Waals surface area contributed by atoms with Crippen molar-refractivity contribution in [3.63, 3.8) is 0 Å². The number of piperidine rings is 1. The van der Waals surface area contributed by atoms with Gasteiger partial charge in [-0.25, -0.2) is 14.4 Å². The number of carbonyl (C=O) groups excluding carboxylic acids is 1. The van der Waals surface area contributed by atoms with E-state index in [9.17, 15) is 9.18 Å². The maximum Gasteiger partial charge on any atom is 0.309 e. The molecule has 1 aliphatic carbocycles. The first-order valence-corrected chi connectivity index (χ1v) is 7.87. The Bertz CT molecular complexity index is 766. The Balaban J connectivity index is 1.57. The van der Waals surface area contributed by atoms with Crippen LogP contribution < -0.4 is 4.90 Å². The molecule has 1 aliphatic heterocycles. The number of carbonyl (C=O) groups is 1. The Morgan fingerprint density at radius 2 is 2.13 bits per heavy atom. The van der Waals surface area contributed by atoms with Crippen LogP contribution >= 0.6 is 0 Å². The highest BCUT2D eigenvalue weighted by atomic mass is 19.1. The van der Waals surface area contributed by atoms with Gasteiger partial charge in [-0.1, -0.05) is 6.07 Å². The number of anilines is 1. The molecule has 1 saturated heterocycles. The van der Waals surface area contributed by atoms with Crippen LogP contribution in [0.4, 0.5) is 10.2 Å². The Labute approximate surface area is 133 Å². The lowest BCUT2D eigenvalue weighted by Crippen LogP contribution is -2.36. The molecule has 2 heterocycles. The van der Waals surface area contributed by atoms with E-state index in [1.165, 1.54) is 19.5 Å². The van der Waals surface area contributed by atoms with Crippen molar-refractivity contribution < 1.29 is 13.9 Å². The lowest BCUT2D eigenvalue weighted by Gasteiger charge is -2.34. The number of methoxy groups -OCH3 is 1. The van der Waals surface area contributed by atoms with Crippen LogP contribution in [0.15, 0.2) is 24.5 Å². The number of aromatic nitrogens is 2. The number of rotatable bonds is 2. The van der Waals surface area contributed by atoms with Crippen LogP contribution in [0, 0.1) is 17.2 Å². The first kappa shape index (κ1) is 14.4. The molecule has 0 N–H and O–H groups in total. The fourth-order valence-corrected chi connectivity index (χ4v) is 3.83. The van der Waals surface area contributed by atoms with Crippen LogP contribution in [0.1, 0.15) is 19.3 Å². The number of benzene rings is 1. The fraction of sp³-hybridized carbons (Fsp3) is 0.471. The standard InChI is InChI=1S/C17H18FN3O2/c1-23-16(22)11-9-17(11)5-7-21(8-6-17)15-14-12(18)3-2-4-13(14)19-10-20-15/h2-4,10-11H,5-9H2,1H3. The predicted molar refractivity (Wildman–Crippen MR) is 83.5 cm³/mol. The lowest BCUT2D eigenvalue weighted by molar-refractivity contribution is -0.143. The van der Waals surface area contributed by atoms with E-state index in [2.05, 4.69) is 14.9 Å². The number of halogens is 1. The van der Waals surface area contributed by atoms with Crippen LogP contribution in [0.25, 0.3) is 10.9 Å². The van der Waals surface area contributed by atoms with Gasteiger partial charge in [0.25, 0.3) is 0 Å². The molecule has 2 aliphatic rings. The summed E-state index contributed by atoms with van der Waals surface area (Å²) in [5.41, 5.74) is 0.708. The molecular weight excluding hydrogens is 297 g/mol. The summed E-state index contributed by atoms with van der Waals surface area (Å²) in [7, 11) is 1.44. The summed E-state index contributed by atoms with van der Waals surface area (Å²) in [6.45, 7) is 1.54. The molecule has 1 spiro atoms. The zero-order valence-electron chi connectivity index (χ0n) is 13.0. The molecule has 0 radical (unpaired) electrons. The van der Waals surface area contributed by atoms with Gasteiger partial charge < -0.3 is 9.64 Å². The number of ether oxygens (including phenoxy) is 1. The van der Waals surface area contributed by atoms with Crippen molar-refractivity contribution in [3.8, 4) is 0 Å². The van der Waals surface area contributed by atoms with E-state index in [1.807, 2.05) is 0 Å². The zero-order valence-corrected chi connectivity index (χ0v) is 13.0. The molecule has 2 fully saturated rings. The Morgan fingerprint density at radius 1 is 1.35 bits per heavy atom. The zero-order chi connectivity index (χ0) is 16.0. The predicted octanol–water partition coefficient (Wildman–Crippen LogP) is 2.55. The van der Waals surface area contributed by atoms with Crippen molar-refractivity contribution >= 4 is 22.7 Å². The van der Waals surface area contributed by atoms with E-state index in [1.54, 1.807) is 12.1 Å². The number of fused-ring (bicyclic) bond motifs is 1. The summed E-state index contributed by atoms with van der Waals surface area (Å²) >= 11 is 0. The minimum absolute atomic E-state index is 0.0357. The van der Waals surface area contributed by atoms with Gasteiger partial charge in [-0.05, 0) is 36.8 Å². The van der Waals surface area contributed by atoms with Gasteiger partial charge >= 0.3 is 5.97 Å². The number of hydrogen-bond acceptors (Lipinski definition) is 5. The number of hydrogen-bond donors (Lipinski definition) is 0. The summed E-state index contributed by atoms with van der Waals surface area (Å²) in [6.07, 6.45) is 4.21. The molecule has 23 heavy (non-hydrogen) atoms. The molecule has 4 rings (SSSR count). The van der Waals surface area contributed by atoms with E-state index in [0.717, 1.165) is 32.4 Å². The van der Waals surface area contributed by atoms with Crippen molar-refractivity contribution in [2.24, 2.45) is 11.3 Å². The highest BCUT2D eigenvalue weighted by molar-refractivity contribution is 5.90. The van der Waals surface area contributed by atoms with Gasteiger partial charge in [0.15, 0.2) is 0 Å². The fourth-order valence-electron chi connectivity index (χ4n) is 3.83. The second-order valence-corrected chi connectivity index (χ2v) is 6.46. The quantitative estimate of drug-likeness (QED) is 0.797. The number of esters is 1. The van der Waals surface area contributed by atoms with Crippen molar-refractivity contribution in [3.05, 3.63) is 30.3 Å². The summed E-state index contributed by atoms with van der Waals surface area (Å²) in [5.74, 6) is 0.293. The van der Waals surface area contributed by atoms with Crippen LogP contribution in [-0.2, 0) is 9.53 Å². The van der Waals surface area contributed by atoms with E-state index >= 15 is 0 Å². The summed E-state index contributed by atoms with van der Waals surface area (Å²) < 4.78 is 19.1. The Kier molecular flexibility index (Phi) is 3.21. The monoisotopic (exact) mass is 315 g/mol. The third-order valence-corrected chi connectivity index (χ3v) is 5.33. The lowest BCUT2D eigenvalue weighted by atomic mass is 9.90. The van der Waals surface area contributed by atoms with Crippen molar-refractivity contribution in [2.45, 2.75) is 19.3 Å². The molecule has 5 nitrogen and oxygen atoms in total. The minimum atomic E-state index is -0.294. The SMILES string of the molecule is COC(=O)C1CC12CCN(c1ncnc3cccc(F)c13)CC2. The summed E-state index contributed by atoms with van der Waals surface area (Å²) in [4.78, 5) is 22.3. The Morgan fingerprint density at radius 3 is 2.87 bits per heavy atom. The van der Waals surface area contributed by atoms with E-state index < -0.39 is 0 Å². The van der Waals surface area contributed by atoms with Gasteiger partial charge in [-0.15, -0.1) is 0 Å². The largest absolute Gasteiger partial charge is 0.469 e. The van der Waals surface area contributed by atoms with Crippen LogP contribution in [0.5, 0.6) is 0 Å². The van der Waals surface area contributed by atoms with Gasteiger partial charge in [-0.2, -0.15) is 0 Å². The second-order valence-electron chi connectivity index (χ2n) is 6.46. The van der Waals surface area contributed by atoms with Crippen molar-refractivity contribution in [1.29, 1.82) is 0 Å². The van der Waals surface area contributed by atoms with Crippen molar-refractivity contribution in [2.75, 3.05) is 25.1 Å². The van der Waals surface area contributed by atoms with E-state index in [4.69, 9.17) is 4.74 Å². The highest BCUT2D eigenvalue weighted by Gasteiger charge is 2.59. The average molecular weight is 315 g/mol. The molecule has 0 amide bonds. The van der Waals surface area contributed by atoms with Gasteiger partial charge in [0.05, 0.1) is 23.9 Å². The molecule has 2 aromatic rings. The van der Waals surface area contributed by atoms with Crippen LogP contribution in [0.3, 0.4) is 0 Å². The highest BCUT2D eigenvalue weighted by Crippen LogP contribution is 2.60. The smallest absolute Gasteiger partial charge is 0.309 e. The van der Waals surface area contributed by atoms with Crippen molar-refractivity contribution in [1.82, 2.24) is 9.97 Å². The molecule has 120 valence electrons. The molecule has 1 saturated carbocycles. The number of nitrogens with zero attached hydrogens (tertiary/aromatic N) is 3. The molecule has 6 heteroatoms. The summed E-state index contributed by atoms with van der Waals surface area (Å²) in [6, 6.07) is 4.89. The van der Waals surface area contributed by atoms with Gasteiger partial charge in [-0.3, -0.25) is 4.79 Å².